The lowest BCUT2D eigenvalue weighted by atomic mass is 10.1. The number of halogens is 1. The Bertz CT molecular complexity index is 731. The fraction of sp³-hybridized carbons (Fsp3) is 0.389. The number of carbonyl (C=O) groups is 1. The predicted molar refractivity (Wildman–Crippen MR) is 99.1 cm³/mol. The number of likely N-dealkylation sites (N-methyl/N-ethyl adjacent to an activating group) is 1. The van der Waals surface area contributed by atoms with E-state index in [0.717, 1.165) is 43.2 Å². The van der Waals surface area contributed by atoms with E-state index in [1.807, 2.05) is 29.2 Å². The van der Waals surface area contributed by atoms with Crippen LogP contribution in [0, 0.1) is 0 Å². The first-order valence-corrected chi connectivity index (χ1v) is 8.79. The zero-order valence-electron chi connectivity index (χ0n) is 14.3. The summed E-state index contributed by atoms with van der Waals surface area (Å²) in [5.74, 6) is 0.440. The molecule has 3 rings (SSSR count). The summed E-state index contributed by atoms with van der Waals surface area (Å²) in [6.07, 6.45) is 2.43. The van der Waals surface area contributed by atoms with Crippen LogP contribution in [0.2, 0.25) is 5.02 Å². The van der Waals surface area contributed by atoms with E-state index in [0.29, 0.717) is 18.2 Å². The number of rotatable bonds is 5. The second-order valence-electron chi connectivity index (χ2n) is 6.17. The standard InChI is InChI=1S/C18H22ClN5O/c1-23-9-11-24(12-10-23)17(25)16-6-8-21-18(22-16)20-7-5-14-3-2-4-15(19)13-14/h2-4,6,8,13H,5,7,9-12H2,1H3,(H,20,21,22). The summed E-state index contributed by atoms with van der Waals surface area (Å²) in [6.45, 7) is 3.92. The average Bonchev–Trinajstić information content (AvgIpc) is 2.62. The van der Waals surface area contributed by atoms with Crippen LogP contribution in [0.25, 0.3) is 0 Å². The van der Waals surface area contributed by atoms with Crippen LogP contribution in [0.1, 0.15) is 16.1 Å². The molecule has 0 saturated carbocycles. The molecule has 25 heavy (non-hydrogen) atoms. The van der Waals surface area contributed by atoms with E-state index in [1.165, 1.54) is 0 Å². The van der Waals surface area contributed by atoms with Crippen LogP contribution in [-0.2, 0) is 6.42 Å². The van der Waals surface area contributed by atoms with Crippen molar-refractivity contribution in [3.8, 4) is 0 Å². The summed E-state index contributed by atoms with van der Waals surface area (Å²) >= 11 is 5.99. The van der Waals surface area contributed by atoms with E-state index in [9.17, 15) is 4.79 Å². The van der Waals surface area contributed by atoms with Gasteiger partial charge in [0, 0.05) is 43.9 Å². The molecule has 1 aromatic heterocycles. The number of anilines is 1. The third kappa shape index (κ3) is 4.90. The number of amides is 1. The molecule has 2 aromatic rings. The van der Waals surface area contributed by atoms with Crippen LogP contribution in [0.3, 0.4) is 0 Å². The Kier molecular flexibility index (Phi) is 5.83. The van der Waals surface area contributed by atoms with Crippen molar-refractivity contribution in [2.24, 2.45) is 0 Å². The largest absolute Gasteiger partial charge is 0.354 e. The van der Waals surface area contributed by atoms with E-state index in [1.54, 1.807) is 12.3 Å². The van der Waals surface area contributed by atoms with Gasteiger partial charge in [0.1, 0.15) is 5.69 Å². The van der Waals surface area contributed by atoms with Gasteiger partial charge in [-0.1, -0.05) is 23.7 Å². The molecule has 1 saturated heterocycles. The van der Waals surface area contributed by atoms with Crippen LogP contribution >= 0.6 is 11.6 Å². The van der Waals surface area contributed by atoms with E-state index < -0.39 is 0 Å². The van der Waals surface area contributed by atoms with E-state index in [-0.39, 0.29) is 5.91 Å². The lowest BCUT2D eigenvalue weighted by Gasteiger charge is -2.32. The van der Waals surface area contributed by atoms with Gasteiger partial charge in [-0.2, -0.15) is 0 Å². The quantitative estimate of drug-likeness (QED) is 0.886. The number of hydrogen-bond donors (Lipinski definition) is 1. The smallest absolute Gasteiger partial charge is 0.272 e. The summed E-state index contributed by atoms with van der Waals surface area (Å²) < 4.78 is 0. The number of nitrogens with one attached hydrogen (secondary N) is 1. The first-order valence-electron chi connectivity index (χ1n) is 8.41. The highest BCUT2D eigenvalue weighted by Gasteiger charge is 2.21. The molecular weight excluding hydrogens is 338 g/mol. The van der Waals surface area contributed by atoms with Gasteiger partial charge in [-0.05, 0) is 37.2 Å². The number of hydrogen-bond acceptors (Lipinski definition) is 5. The molecule has 1 aromatic carbocycles. The van der Waals surface area contributed by atoms with Gasteiger partial charge in [0.2, 0.25) is 5.95 Å². The third-order valence-corrected chi connectivity index (χ3v) is 4.49. The molecule has 1 aliphatic rings. The molecule has 0 spiro atoms. The minimum Gasteiger partial charge on any atom is -0.354 e. The maximum absolute atomic E-state index is 12.6. The monoisotopic (exact) mass is 359 g/mol. The lowest BCUT2D eigenvalue weighted by molar-refractivity contribution is 0.0658. The van der Waals surface area contributed by atoms with Gasteiger partial charge in [0.25, 0.3) is 5.91 Å². The van der Waals surface area contributed by atoms with Gasteiger partial charge in [0.15, 0.2) is 0 Å². The summed E-state index contributed by atoms with van der Waals surface area (Å²) in [7, 11) is 2.06. The second kappa shape index (κ2) is 8.27. The summed E-state index contributed by atoms with van der Waals surface area (Å²) in [4.78, 5) is 25.2. The number of aromatic nitrogens is 2. The maximum Gasteiger partial charge on any atom is 0.272 e. The molecule has 6 nitrogen and oxygen atoms in total. The van der Waals surface area contributed by atoms with Crippen molar-refractivity contribution in [1.29, 1.82) is 0 Å². The Balaban J connectivity index is 1.56. The van der Waals surface area contributed by atoms with E-state index in [4.69, 9.17) is 11.6 Å². The number of nitrogens with zero attached hydrogens (tertiary/aromatic N) is 4. The molecule has 2 heterocycles. The van der Waals surface area contributed by atoms with Gasteiger partial charge in [-0.15, -0.1) is 0 Å². The predicted octanol–water partition coefficient (Wildman–Crippen LogP) is 2.17. The molecule has 1 fully saturated rings. The zero-order chi connectivity index (χ0) is 17.6. The molecule has 0 unspecified atom stereocenters. The third-order valence-electron chi connectivity index (χ3n) is 4.25. The van der Waals surface area contributed by atoms with Crippen LogP contribution in [0.4, 0.5) is 5.95 Å². The maximum atomic E-state index is 12.6. The first-order chi connectivity index (χ1) is 12.1. The summed E-state index contributed by atoms with van der Waals surface area (Å²) in [5, 5.41) is 3.90. The Hall–Kier alpha value is -2.18. The fourth-order valence-electron chi connectivity index (χ4n) is 2.75. The molecule has 1 N–H and O–H groups in total. The lowest BCUT2D eigenvalue weighted by Crippen LogP contribution is -2.47. The number of piperazine rings is 1. The van der Waals surface area contributed by atoms with E-state index in [2.05, 4.69) is 27.2 Å². The number of carbonyl (C=O) groups excluding carboxylic acids is 1. The molecule has 0 bridgehead atoms. The van der Waals surface area contributed by atoms with Gasteiger partial charge in [0.05, 0.1) is 0 Å². The summed E-state index contributed by atoms with van der Waals surface area (Å²) in [5.41, 5.74) is 1.58. The van der Waals surface area contributed by atoms with Crippen molar-refractivity contribution < 1.29 is 4.79 Å². The van der Waals surface area contributed by atoms with Gasteiger partial charge in [-0.3, -0.25) is 4.79 Å². The Labute approximate surface area is 152 Å². The SMILES string of the molecule is CN1CCN(C(=O)c2ccnc(NCCc3cccc(Cl)c3)n2)CC1. The van der Waals surface area contributed by atoms with E-state index >= 15 is 0 Å². The first kappa shape index (κ1) is 17.6. The number of benzene rings is 1. The van der Waals surface area contributed by atoms with Gasteiger partial charge in [-0.25, -0.2) is 9.97 Å². The highest BCUT2D eigenvalue weighted by atomic mass is 35.5. The molecular formula is C18H22ClN5O. The topological polar surface area (TPSA) is 61.4 Å². The minimum atomic E-state index is -0.0339. The molecule has 0 radical (unpaired) electrons. The van der Waals surface area contributed by atoms with Gasteiger partial charge < -0.3 is 15.1 Å². The Morgan fingerprint density at radius 3 is 2.80 bits per heavy atom. The van der Waals surface area contributed by atoms with Crippen molar-refractivity contribution in [3.05, 3.63) is 52.8 Å². The zero-order valence-corrected chi connectivity index (χ0v) is 15.0. The summed E-state index contributed by atoms with van der Waals surface area (Å²) in [6, 6.07) is 9.43. The minimum absolute atomic E-state index is 0.0339. The average molecular weight is 360 g/mol. The van der Waals surface area contributed by atoms with Crippen LogP contribution in [0.5, 0.6) is 0 Å². The second-order valence-corrected chi connectivity index (χ2v) is 6.60. The molecule has 0 aliphatic carbocycles. The molecule has 1 amide bonds. The van der Waals surface area contributed by atoms with Crippen molar-refractivity contribution in [2.75, 3.05) is 45.1 Å². The Morgan fingerprint density at radius 1 is 1.24 bits per heavy atom. The normalized spacial score (nSPS) is 15.2. The Morgan fingerprint density at radius 2 is 2.04 bits per heavy atom. The van der Waals surface area contributed by atoms with Crippen molar-refractivity contribution >= 4 is 23.5 Å². The molecule has 7 heteroatoms. The van der Waals surface area contributed by atoms with Crippen molar-refractivity contribution in [2.45, 2.75) is 6.42 Å². The van der Waals surface area contributed by atoms with Crippen LogP contribution in [0.15, 0.2) is 36.5 Å². The highest BCUT2D eigenvalue weighted by Crippen LogP contribution is 2.12. The highest BCUT2D eigenvalue weighted by molar-refractivity contribution is 6.30. The van der Waals surface area contributed by atoms with Crippen molar-refractivity contribution in [1.82, 2.24) is 19.8 Å². The van der Waals surface area contributed by atoms with Gasteiger partial charge >= 0.3 is 0 Å². The van der Waals surface area contributed by atoms with Crippen molar-refractivity contribution in [3.63, 3.8) is 0 Å². The van der Waals surface area contributed by atoms with Crippen LogP contribution < -0.4 is 5.32 Å². The molecule has 1 aliphatic heterocycles. The molecule has 0 atom stereocenters. The molecule has 132 valence electrons. The fourth-order valence-corrected chi connectivity index (χ4v) is 2.96. The van der Waals surface area contributed by atoms with Crippen LogP contribution in [-0.4, -0.2) is 65.4 Å².